The Hall–Kier alpha value is -4.96. The maximum atomic E-state index is 15.2. The highest BCUT2D eigenvalue weighted by Gasteiger charge is 2.50. The van der Waals surface area contributed by atoms with Crippen molar-refractivity contribution >= 4 is 47.3 Å². The molecule has 0 aromatic heterocycles. The maximum Gasteiger partial charge on any atom is 0.226 e. The average Bonchev–Trinajstić information content (AvgIpc) is 0.818. The lowest BCUT2D eigenvalue weighted by molar-refractivity contribution is -0.276. The molecule has 3 fully saturated rings. The number of ether oxygens (including phenoxy) is 9. The van der Waals surface area contributed by atoms with Crippen LogP contribution < -0.4 is 42.5 Å². The summed E-state index contributed by atoms with van der Waals surface area (Å²) in [5.74, 6) is -3.87. The summed E-state index contributed by atoms with van der Waals surface area (Å²) in [6.45, 7) is 40.2. The summed E-state index contributed by atoms with van der Waals surface area (Å²) in [7, 11) is 1.61. The number of amides is 8. The average molecular weight is 1680 g/mol. The van der Waals surface area contributed by atoms with Gasteiger partial charge in [-0.1, -0.05) is 111 Å². The number of methoxy groups -OCH3 is 1. The predicted molar refractivity (Wildman–Crippen MR) is 435 cm³/mol. The summed E-state index contributed by atoms with van der Waals surface area (Å²) >= 11 is 0. The summed E-state index contributed by atoms with van der Waals surface area (Å²) in [6, 6.07) is -3.19. The second-order valence-corrected chi connectivity index (χ2v) is 40.7. The monoisotopic (exact) mass is 1680 g/mol. The van der Waals surface area contributed by atoms with Crippen LogP contribution in [0.1, 0.15) is 223 Å². The summed E-state index contributed by atoms with van der Waals surface area (Å²) in [5.41, 5.74) is -8.02. The van der Waals surface area contributed by atoms with E-state index in [2.05, 4.69) is 42.5 Å². The molecule has 15 unspecified atom stereocenters. The molecule has 3 aliphatic rings. The van der Waals surface area contributed by atoms with Gasteiger partial charge in [-0.15, -0.1) is 0 Å². The standard InChI is InChI=1S/C83H154N8O26/c1-50(95)87-61-54(31-53(33-92)64(102)67(61)105)113-44-77(12,13)36-74(6,7)41-84-57(98)25-28-110-47-83(91-72(108)80(18,19)39-73(4,5)32-60(101)90-81(20,21)40-82(22,23)109-24,48-111-29-26-58(99)85-42-75(8,9)37-78(14,15)45-114-70-62(88-51(2)96)68(106)65(103)55(34-93)116-70)49-112-30-27-59(100)86-43-76(10,11)38-79(16,17)46-115-71-63(89-52(3)97)69(107)66(104)56(35-94)117-71/h53-56,61-71,92-94,102-107H,25-49H2,1-24H3,(H,84,98)(H,85,99)(H,86,100)(H,87,95)(H,88,96)(H,89,97)(H,90,101)(H,91,108). The zero-order valence-electron chi connectivity index (χ0n) is 74.8. The summed E-state index contributed by atoms with van der Waals surface area (Å²) in [5, 5.41) is 117. The van der Waals surface area contributed by atoms with E-state index in [1.807, 2.05) is 125 Å². The number of hydrogen-bond donors (Lipinski definition) is 17. The number of rotatable bonds is 52. The third-order valence-electron chi connectivity index (χ3n) is 21.4. The van der Waals surface area contributed by atoms with E-state index < -0.39 is 195 Å². The maximum absolute atomic E-state index is 15.2. The Balaban J connectivity index is 1.94. The molecule has 1 saturated carbocycles. The highest BCUT2D eigenvalue weighted by Crippen LogP contribution is 2.41. The molecule has 0 aromatic carbocycles. The van der Waals surface area contributed by atoms with Crippen molar-refractivity contribution in [2.45, 2.75) is 326 Å². The van der Waals surface area contributed by atoms with Crippen molar-refractivity contribution in [3.05, 3.63) is 0 Å². The quantitative estimate of drug-likeness (QED) is 0.0386. The first-order chi connectivity index (χ1) is 53.6. The molecule has 2 aliphatic heterocycles. The minimum Gasteiger partial charge on any atom is -0.396 e. The highest BCUT2D eigenvalue weighted by atomic mass is 16.7. The van der Waals surface area contributed by atoms with Crippen LogP contribution in [0.2, 0.25) is 0 Å². The Kier molecular flexibility index (Phi) is 41.2. The SMILES string of the molecule is COC(C)(C)CC(C)(C)NC(=O)CC(C)(C)CC(C)(C)C(=O)NC(COCCC(=O)NCC(C)(C)CC(C)(C)COC1CC(CO)C(O)C(O)C1NC(C)=O)(COCCC(=O)NCC(C)(C)CC(C)(C)COC1OC(CO)C(O)C(O)C1NC(C)=O)COCCC(=O)NCC(C)(C)CC(C)(C)COC1OC(CO)C(O)C(O)C1NC(C)=O. The molecule has 117 heavy (non-hydrogen) atoms. The van der Waals surface area contributed by atoms with Gasteiger partial charge in [-0.2, -0.15) is 0 Å². The van der Waals surface area contributed by atoms with Crippen molar-refractivity contribution in [1.82, 2.24) is 42.5 Å². The largest absolute Gasteiger partial charge is 0.396 e. The van der Waals surface area contributed by atoms with E-state index >= 15 is 4.79 Å². The van der Waals surface area contributed by atoms with Crippen molar-refractivity contribution in [2.24, 2.45) is 49.2 Å². The van der Waals surface area contributed by atoms with Gasteiger partial charge in [0, 0.05) is 96.7 Å². The van der Waals surface area contributed by atoms with Gasteiger partial charge >= 0.3 is 0 Å². The van der Waals surface area contributed by atoms with Crippen LogP contribution >= 0.6 is 0 Å². The summed E-state index contributed by atoms with van der Waals surface area (Å²) in [4.78, 5) is 107. The van der Waals surface area contributed by atoms with E-state index in [0.717, 1.165) is 0 Å². The molecule has 0 radical (unpaired) electrons. The third-order valence-corrected chi connectivity index (χ3v) is 21.4. The molecule has 3 rings (SSSR count). The zero-order chi connectivity index (χ0) is 89.5. The highest BCUT2D eigenvalue weighted by molar-refractivity contribution is 5.83. The van der Waals surface area contributed by atoms with Crippen molar-refractivity contribution in [3.63, 3.8) is 0 Å². The van der Waals surface area contributed by atoms with Gasteiger partial charge in [0.25, 0.3) is 0 Å². The molecule has 2 saturated heterocycles. The number of nitrogens with one attached hydrogen (secondary N) is 8. The van der Waals surface area contributed by atoms with Gasteiger partial charge < -0.3 is 131 Å². The third kappa shape index (κ3) is 37.7. The molecular formula is C83H154N8O26. The van der Waals surface area contributed by atoms with Crippen LogP contribution in [0.3, 0.4) is 0 Å². The van der Waals surface area contributed by atoms with E-state index in [1.54, 1.807) is 21.0 Å². The number of carbonyl (C=O) groups excluding carboxylic acids is 8. The molecule has 17 N–H and O–H groups in total. The van der Waals surface area contributed by atoms with Gasteiger partial charge in [-0.25, -0.2) is 0 Å². The molecule has 682 valence electrons. The molecule has 0 bridgehead atoms. The molecule has 0 aromatic rings. The van der Waals surface area contributed by atoms with Crippen molar-refractivity contribution in [2.75, 3.05) is 106 Å². The number of hydrogen-bond acceptors (Lipinski definition) is 26. The van der Waals surface area contributed by atoms with Crippen molar-refractivity contribution in [3.8, 4) is 0 Å². The van der Waals surface area contributed by atoms with Gasteiger partial charge in [0.2, 0.25) is 47.3 Å². The molecule has 34 nitrogen and oxygen atoms in total. The predicted octanol–water partition coefficient (Wildman–Crippen LogP) is 1.82. The lowest BCUT2D eigenvalue weighted by Gasteiger charge is -2.43. The van der Waals surface area contributed by atoms with Crippen LogP contribution in [0.15, 0.2) is 0 Å². The van der Waals surface area contributed by atoms with Crippen molar-refractivity contribution < 1.29 is 127 Å². The molecule has 2 heterocycles. The fraction of sp³-hybridized carbons (Fsp3) is 0.904. The summed E-state index contributed by atoms with van der Waals surface area (Å²) in [6.07, 6.45) is -12.0. The lowest BCUT2D eigenvalue weighted by atomic mass is 9.72. The molecule has 0 spiro atoms. The molecule has 8 amide bonds. The smallest absolute Gasteiger partial charge is 0.226 e. The number of carbonyl (C=O) groups is 8. The fourth-order valence-electron chi connectivity index (χ4n) is 17.1. The van der Waals surface area contributed by atoms with Crippen LogP contribution in [0.4, 0.5) is 0 Å². The zero-order valence-corrected chi connectivity index (χ0v) is 74.8. The van der Waals surface area contributed by atoms with Gasteiger partial charge in [-0.3, -0.25) is 38.4 Å². The Morgan fingerprint density at radius 1 is 0.393 bits per heavy atom. The summed E-state index contributed by atoms with van der Waals surface area (Å²) < 4.78 is 55.0. The molecule has 34 heteroatoms. The van der Waals surface area contributed by atoms with Crippen LogP contribution in [0.5, 0.6) is 0 Å². The first-order valence-corrected chi connectivity index (χ1v) is 41.2. The van der Waals surface area contributed by atoms with Gasteiger partial charge in [0.1, 0.15) is 60.4 Å². The van der Waals surface area contributed by atoms with Crippen LogP contribution in [-0.4, -0.2) is 302 Å². The van der Waals surface area contributed by atoms with E-state index in [4.69, 9.17) is 42.6 Å². The first kappa shape index (κ1) is 106. The fourth-order valence-corrected chi connectivity index (χ4v) is 17.1. The normalized spacial score (nSPS) is 25.3. The molecular weight excluding hydrogens is 1520 g/mol. The van der Waals surface area contributed by atoms with Gasteiger partial charge in [0.05, 0.1) is 96.5 Å². The van der Waals surface area contributed by atoms with Crippen LogP contribution in [0, 0.1) is 49.2 Å². The first-order valence-electron chi connectivity index (χ1n) is 41.2. The Morgan fingerprint density at radius 2 is 0.744 bits per heavy atom. The second-order valence-electron chi connectivity index (χ2n) is 40.7. The lowest BCUT2D eigenvalue weighted by Crippen LogP contribution is -2.64. The van der Waals surface area contributed by atoms with E-state index in [9.17, 15) is 79.5 Å². The minimum atomic E-state index is -1.57. The topological polar surface area (TPSA) is 498 Å². The van der Waals surface area contributed by atoms with Crippen LogP contribution in [-0.2, 0) is 81.0 Å². The van der Waals surface area contributed by atoms with Gasteiger partial charge in [0.15, 0.2) is 12.6 Å². The van der Waals surface area contributed by atoms with E-state index in [0.29, 0.717) is 25.7 Å². The van der Waals surface area contributed by atoms with Crippen LogP contribution in [0.25, 0.3) is 0 Å². The Bertz CT molecular complexity index is 2880. The van der Waals surface area contributed by atoms with Crippen molar-refractivity contribution in [1.29, 1.82) is 0 Å². The van der Waals surface area contributed by atoms with E-state index in [-0.39, 0.29) is 141 Å². The van der Waals surface area contributed by atoms with Gasteiger partial charge in [-0.05, 0) is 104 Å². The Morgan fingerprint density at radius 3 is 1.09 bits per heavy atom. The second kappa shape index (κ2) is 45.4. The molecule has 1 aliphatic carbocycles. The number of aliphatic hydroxyl groups excluding tert-OH is 9. The Labute approximate surface area is 695 Å². The number of aliphatic hydroxyl groups is 9. The molecule has 15 atom stereocenters. The van der Waals surface area contributed by atoms with E-state index in [1.165, 1.54) is 20.8 Å². The minimum absolute atomic E-state index is 0.0522.